The molecule has 17 heavy (non-hydrogen) atoms. The maximum atomic E-state index is 5.40. The molecule has 5 heteroatoms. The number of benzene rings is 1. The first-order chi connectivity index (χ1) is 8.36. The zero-order valence-corrected chi connectivity index (χ0v) is 9.69. The summed E-state index contributed by atoms with van der Waals surface area (Å²) in [5, 5.41) is 7.46. The summed E-state index contributed by atoms with van der Waals surface area (Å²) < 4.78 is 0. The minimum atomic E-state index is 0.323. The lowest BCUT2D eigenvalue weighted by Crippen LogP contribution is -2.39. The van der Waals surface area contributed by atoms with Gasteiger partial charge in [-0.1, -0.05) is 18.2 Å². The van der Waals surface area contributed by atoms with Gasteiger partial charge < -0.3 is 16.4 Å². The van der Waals surface area contributed by atoms with Gasteiger partial charge in [-0.25, -0.2) is 9.97 Å². The summed E-state index contributed by atoms with van der Waals surface area (Å²) >= 11 is 0. The van der Waals surface area contributed by atoms with Gasteiger partial charge >= 0.3 is 0 Å². The van der Waals surface area contributed by atoms with Crippen LogP contribution in [0.2, 0.25) is 0 Å². The Morgan fingerprint density at radius 3 is 2.29 bits per heavy atom. The van der Waals surface area contributed by atoms with Gasteiger partial charge in [-0.15, -0.1) is 0 Å². The molecular formula is C12H17N5. The van der Waals surface area contributed by atoms with Crippen LogP contribution in [0, 0.1) is 0 Å². The Hall–Kier alpha value is -1.72. The van der Waals surface area contributed by atoms with Gasteiger partial charge in [0.15, 0.2) is 0 Å². The standard InChI is InChI=1S/C8H7N3.C4H10N2/c9-8-10-5-6-3-1-2-4-7(6)11-8;1-2-6-4-3-5-1/h1-5H,(H2,9,10,11);5-6H,1-4H2. The van der Waals surface area contributed by atoms with Crippen molar-refractivity contribution in [1.82, 2.24) is 20.6 Å². The molecule has 0 aliphatic carbocycles. The van der Waals surface area contributed by atoms with Gasteiger partial charge in [0.25, 0.3) is 0 Å². The first-order valence-corrected chi connectivity index (χ1v) is 5.75. The Morgan fingerprint density at radius 1 is 1.00 bits per heavy atom. The van der Waals surface area contributed by atoms with E-state index in [1.54, 1.807) is 6.20 Å². The number of hydrogen-bond donors (Lipinski definition) is 3. The van der Waals surface area contributed by atoms with Crippen molar-refractivity contribution < 1.29 is 0 Å². The fourth-order valence-electron chi connectivity index (χ4n) is 1.59. The molecule has 90 valence electrons. The molecule has 1 saturated heterocycles. The first kappa shape index (κ1) is 11.8. The average molecular weight is 231 g/mol. The summed E-state index contributed by atoms with van der Waals surface area (Å²) in [5.41, 5.74) is 6.29. The molecule has 3 rings (SSSR count). The number of nitrogens with two attached hydrogens (primary N) is 1. The largest absolute Gasteiger partial charge is 0.368 e. The van der Waals surface area contributed by atoms with Crippen molar-refractivity contribution in [2.45, 2.75) is 0 Å². The topological polar surface area (TPSA) is 75.9 Å². The van der Waals surface area contributed by atoms with Crippen LogP contribution in [0.5, 0.6) is 0 Å². The van der Waals surface area contributed by atoms with E-state index in [1.807, 2.05) is 24.3 Å². The zero-order valence-electron chi connectivity index (χ0n) is 9.69. The summed E-state index contributed by atoms with van der Waals surface area (Å²) in [5.74, 6) is 0.323. The van der Waals surface area contributed by atoms with E-state index in [0.717, 1.165) is 37.1 Å². The average Bonchev–Trinajstić information content (AvgIpc) is 2.41. The molecule has 1 aromatic heterocycles. The van der Waals surface area contributed by atoms with Gasteiger partial charge in [0.2, 0.25) is 5.95 Å². The molecule has 0 amide bonds. The van der Waals surface area contributed by atoms with Crippen LogP contribution in [-0.2, 0) is 0 Å². The van der Waals surface area contributed by atoms with Gasteiger partial charge in [0.1, 0.15) is 0 Å². The summed E-state index contributed by atoms with van der Waals surface area (Å²) in [6.07, 6.45) is 1.72. The van der Waals surface area contributed by atoms with E-state index in [1.165, 1.54) is 0 Å². The molecule has 1 aromatic carbocycles. The molecule has 0 spiro atoms. The number of para-hydroxylation sites is 1. The summed E-state index contributed by atoms with van der Waals surface area (Å²) in [6, 6.07) is 7.73. The molecule has 2 aromatic rings. The fraction of sp³-hybridized carbons (Fsp3) is 0.333. The highest BCUT2D eigenvalue weighted by Gasteiger charge is 1.93. The number of hydrogen-bond acceptors (Lipinski definition) is 5. The molecule has 4 N–H and O–H groups in total. The number of nitrogens with one attached hydrogen (secondary N) is 2. The normalized spacial score (nSPS) is 15.1. The predicted molar refractivity (Wildman–Crippen MR) is 69.7 cm³/mol. The Morgan fingerprint density at radius 2 is 1.65 bits per heavy atom. The van der Waals surface area contributed by atoms with Gasteiger partial charge in [-0.2, -0.15) is 0 Å². The highest BCUT2D eigenvalue weighted by atomic mass is 15.0. The minimum absolute atomic E-state index is 0.323. The first-order valence-electron chi connectivity index (χ1n) is 5.75. The SMILES string of the molecule is C1CNCCN1.Nc1ncc2ccccc2n1. The van der Waals surface area contributed by atoms with Crippen LogP contribution in [0.1, 0.15) is 0 Å². The second-order valence-corrected chi connectivity index (χ2v) is 3.79. The molecule has 0 unspecified atom stereocenters. The van der Waals surface area contributed by atoms with Gasteiger partial charge in [-0.3, -0.25) is 0 Å². The van der Waals surface area contributed by atoms with E-state index >= 15 is 0 Å². The van der Waals surface area contributed by atoms with Crippen molar-refractivity contribution >= 4 is 16.9 Å². The molecule has 2 heterocycles. The molecular weight excluding hydrogens is 214 g/mol. The molecule has 0 radical (unpaired) electrons. The minimum Gasteiger partial charge on any atom is -0.368 e. The van der Waals surface area contributed by atoms with Crippen molar-refractivity contribution in [3.63, 3.8) is 0 Å². The number of rotatable bonds is 0. The number of piperazine rings is 1. The maximum Gasteiger partial charge on any atom is 0.220 e. The van der Waals surface area contributed by atoms with Crippen LogP contribution in [0.25, 0.3) is 10.9 Å². The lowest BCUT2D eigenvalue weighted by atomic mass is 10.2. The number of nitrogen functional groups attached to an aromatic ring is 1. The van der Waals surface area contributed by atoms with Crippen LogP contribution in [0.4, 0.5) is 5.95 Å². The second kappa shape index (κ2) is 6.12. The maximum absolute atomic E-state index is 5.40. The van der Waals surface area contributed by atoms with Crippen LogP contribution < -0.4 is 16.4 Å². The highest BCUT2D eigenvalue weighted by molar-refractivity contribution is 5.78. The highest BCUT2D eigenvalue weighted by Crippen LogP contribution is 2.09. The number of aromatic nitrogens is 2. The van der Waals surface area contributed by atoms with Gasteiger partial charge in [0.05, 0.1) is 5.52 Å². The monoisotopic (exact) mass is 231 g/mol. The lowest BCUT2D eigenvalue weighted by molar-refractivity contribution is 0.534. The fourth-order valence-corrected chi connectivity index (χ4v) is 1.59. The third-order valence-electron chi connectivity index (χ3n) is 2.46. The number of nitrogens with zero attached hydrogens (tertiary/aromatic N) is 2. The molecule has 5 nitrogen and oxygen atoms in total. The van der Waals surface area contributed by atoms with Crippen LogP contribution >= 0.6 is 0 Å². The lowest BCUT2D eigenvalue weighted by Gasteiger charge is -2.11. The van der Waals surface area contributed by atoms with Crippen LogP contribution in [0.15, 0.2) is 30.5 Å². The van der Waals surface area contributed by atoms with E-state index in [2.05, 4.69) is 20.6 Å². The Kier molecular flexibility index (Phi) is 4.23. The summed E-state index contributed by atoms with van der Waals surface area (Å²) in [7, 11) is 0. The van der Waals surface area contributed by atoms with Crippen LogP contribution in [0.3, 0.4) is 0 Å². The molecule has 1 fully saturated rings. The zero-order chi connectivity index (χ0) is 11.9. The molecule has 0 saturated carbocycles. The van der Waals surface area contributed by atoms with E-state index in [-0.39, 0.29) is 0 Å². The number of anilines is 1. The van der Waals surface area contributed by atoms with Crippen molar-refractivity contribution in [2.75, 3.05) is 31.9 Å². The van der Waals surface area contributed by atoms with E-state index in [0.29, 0.717) is 5.95 Å². The molecule has 1 aliphatic heterocycles. The van der Waals surface area contributed by atoms with E-state index in [4.69, 9.17) is 5.73 Å². The molecule has 0 atom stereocenters. The van der Waals surface area contributed by atoms with Crippen LogP contribution in [-0.4, -0.2) is 36.1 Å². The second-order valence-electron chi connectivity index (χ2n) is 3.79. The predicted octanol–water partition coefficient (Wildman–Crippen LogP) is 0.391. The van der Waals surface area contributed by atoms with Crippen molar-refractivity contribution in [3.8, 4) is 0 Å². The van der Waals surface area contributed by atoms with Crippen molar-refractivity contribution in [3.05, 3.63) is 30.5 Å². The van der Waals surface area contributed by atoms with E-state index in [9.17, 15) is 0 Å². The Labute approximate surface area is 100 Å². The quantitative estimate of drug-likeness (QED) is 0.611. The third kappa shape index (κ3) is 3.65. The molecule has 0 bridgehead atoms. The summed E-state index contributed by atoms with van der Waals surface area (Å²) in [6.45, 7) is 4.56. The molecule has 1 aliphatic rings. The third-order valence-corrected chi connectivity index (χ3v) is 2.46. The van der Waals surface area contributed by atoms with Gasteiger partial charge in [0, 0.05) is 37.8 Å². The van der Waals surface area contributed by atoms with Gasteiger partial charge in [-0.05, 0) is 6.07 Å². The Bertz CT molecular complexity index is 456. The van der Waals surface area contributed by atoms with E-state index < -0.39 is 0 Å². The summed E-state index contributed by atoms with van der Waals surface area (Å²) in [4.78, 5) is 7.92. The van der Waals surface area contributed by atoms with Crippen molar-refractivity contribution in [1.29, 1.82) is 0 Å². The Balaban J connectivity index is 0.000000153. The number of fused-ring (bicyclic) bond motifs is 1. The van der Waals surface area contributed by atoms with Crippen molar-refractivity contribution in [2.24, 2.45) is 0 Å². The smallest absolute Gasteiger partial charge is 0.220 e.